The second-order valence-electron chi connectivity index (χ2n) is 7.81. The number of fused-ring (bicyclic) bond motifs is 2. The summed E-state index contributed by atoms with van der Waals surface area (Å²) < 4.78 is 40.3. The van der Waals surface area contributed by atoms with E-state index in [1.807, 2.05) is 6.92 Å². The van der Waals surface area contributed by atoms with Crippen LogP contribution in [-0.4, -0.2) is 26.8 Å². The van der Waals surface area contributed by atoms with Crippen LogP contribution < -0.4 is 10.2 Å². The molecule has 33 heavy (non-hydrogen) atoms. The number of anilines is 1. The summed E-state index contributed by atoms with van der Waals surface area (Å²) in [5.74, 6) is -1.28. The minimum absolute atomic E-state index is 0.0108. The number of hydrogen-bond donors (Lipinski definition) is 1. The van der Waals surface area contributed by atoms with E-state index in [1.165, 1.54) is 59.5 Å². The fourth-order valence-corrected chi connectivity index (χ4v) is 5.39. The van der Waals surface area contributed by atoms with Crippen LogP contribution in [0.3, 0.4) is 0 Å². The summed E-state index contributed by atoms with van der Waals surface area (Å²) in [4.78, 5) is 27.4. The van der Waals surface area contributed by atoms with Crippen molar-refractivity contribution in [1.82, 2.24) is 5.32 Å². The van der Waals surface area contributed by atoms with Gasteiger partial charge in [0.05, 0.1) is 27.6 Å². The lowest BCUT2D eigenvalue weighted by atomic mass is 10.1. The Morgan fingerprint density at radius 2 is 1.73 bits per heavy atom. The number of rotatable bonds is 6. The summed E-state index contributed by atoms with van der Waals surface area (Å²) in [5, 5.41) is 2.81. The first-order valence-electron chi connectivity index (χ1n) is 10.7. The molecule has 0 aliphatic carbocycles. The summed E-state index contributed by atoms with van der Waals surface area (Å²) in [6, 6.07) is 15.9. The van der Waals surface area contributed by atoms with E-state index in [4.69, 9.17) is 0 Å². The van der Waals surface area contributed by atoms with Crippen molar-refractivity contribution in [3.63, 3.8) is 0 Å². The van der Waals surface area contributed by atoms with Gasteiger partial charge in [0.2, 0.25) is 9.84 Å². The molecule has 0 atom stereocenters. The number of carbonyl (C=O) groups excluding carboxylic acids is 2. The standard InChI is InChI=1S/C25H23FN2O4S/c1-2-3-14-27-24(29)18-10-13-23-21(15-18)28(16-17-8-11-19(26)12-9-17)25(30)20-6-4-5-7-22(20)33(23,31)32/h4-13,15H,2-3,14,16H2,1H3,(H,27,29). The number of unbranched alkanes of at least 4 members (excludes halogenated alkanes) is 1. The van der Waals surface area contributed by atoms with Crippen LogP contribution in [0.1, 0.15) is 46.0 Å². The molecule has 1 aliphatic heterocycles. The molecule has 0 spiro atoms. The first-order chi connectivity index (χ1) is 15.8. The molecular weight excluding hydrogens is 443 g/mol. The van der Waals surface area contributed by atoms with Crippen LogP contribution in [0.5, 0.6) is 0 Å². The molecule has 6 nitrogen and oxygen atoms in total. The van der Waals surface area contributed by atoms with Crippen LogP contribution in [0, 0.1) is 5.82 Å². The van der Waals surface area contributed by atoms with Gasteiger partial charge in [0.25, 0.3) is 11.8 Å². The lowest BCUT2D eigenvalue weighted by molar-refractivity contribution is 0.0949. The molecule has 3 aromatic rings. The van der Waals surface area contributed by atoms with Gasteiger partial charge in [0.1, 0.15) is 5.82 Å². The van der Waals surface area contributed by atoms with Crippen molar-refractivity contribution in [2.45, 2.75) is 36.1 Å². The van der Waals surface area contributed by atoms with Crippen molar-refractivity contribution in [2.24, 2.45) is 0 Å². The van der Waals surface area contributed by atoms with Crippen LogP contribution in [0.2, 0.25) is 0 Å². The minimum Gasteiger partial charge on any atom is -0.352 e. The first kappa shape index (κ1) is 22.7. The molecule has 1 heterocycles. The number of carbonyl (C=O) groups is 2. The molecule has 1 N–H and O–H groups in total. The maximum Gasteiger partial charge on any atom is 0.259 e. The Labute approximate surface area is 192 Å². The number of benzene rings is 3. The molecule has 2 amide bonds. The van der Waals surface area contributed by atoms with E-state index in [2.05, 4.69) is 5.32 Å². The zero-order valence-electron chi connectivity index (χ0n) is 18.0. The van der Waals surface area contributed by atoms with Gasteiger partial charge in [-0.15, -0.1) is 0 Å². The maximum atomic E-state index is 13.5. The summed E-state index contributed by atoms with van der Waals surface area (Å²) >= 11 is 0. The molecule has 0 radical (unpaired) electrons. The molecule has 0 unspecified atom stereocenters. The molecule has 0 saturated heterocycles. The molecule has 0 aromatic heterocycles. The number of nitrogens with one attached hydrogen (secondary N) is 1. The first-order valence-corrected chi connectivity index (χ1v) is 12.1. The Morgan fingerprint density at radius 1 is 1.00 bits per heavy atom. The third-order valence-corrected chi connectivity index (χ3v) is 7.38. The summed E-state index contributed by atoms with van der Waals surface area (Å²) in [5.41, 5.74) is 1.03. The van der Waals surface area contributed by atoms with E-state index in [1.54, 1.807) is 12.1 Å². The van der Waals surface area contributed by atoms with Crippen molar-refractivity contribution in [2.75, 3.05) is 11.4 Å². The Balaban J connectivity index is 1.86. The van der Waals surface area contributed by atoms with Crippen molar-refractivity contribution < 1.29 is 22.4 Å². The van der Waals surface area contributed by atoms with Gasteiger partial charge < -0.3 is 10.2 Å². The Bertz CT molecular complexity index is 1320. The summed E-state index contributed by atoms with van der Waals surface area (Å²) in [6.07, 6.45) is 1.73. The SMILES string of the molecule is CCCCNC(=O)c1ccc2c(c1)N(Cc1ccc(F)cc1)C(=O)c1ccccc1S2(=O)=O. The largest absolute Gasteiger partial charge is 0.352 e. The highest BCUT2D eigenvalue weighted by atomic mass is 32.2. The molecule has 0 bridgehead atoms. The van der Waals surface area contributed by atoms with Crippen molar-refractivity contribution in [3.8, 4) is 0 Å². The Morgan fingerprint density at radius 3 is 2.45 bits per heavy atom. The van der Waals surface area contributed by atoms with Crippen LogP contribution >= 0.6 is 0 Å². The Hall–Kier alpha value is -3.52. The van der Waals surface area contributed by atoms with Crippen molar-refractivity contribution in [3.05, 3.63) is 89.2 Å². The normalized spacial score (nSPS) is 14.2. The molecular formula is C25H23FN2O4S. The molecule has 0 fully saturated rings. The third kappa shape index (κ3) is 4.39. The highest BCUT2D eigenvalue weighted by Crippen LogP contribution is 2.38. The van der Waals surface area contributed by atoms with Crippen LogP contribution in [0.4, 0.5) is 10.1 Å². The minimum atomic E-state index is -4.02. The smallest absolute Gasteiger partial charge is 0.259 e. The van der Waals surface area contributed by atoms with Gasteiger partial charge in [-0.25, -0.2) is 12.8 Å². The lowest BCUT2D eigenvalue weighted by Gasteiger charge is -2.23. The molecule has 3 aromatic carbocycles. The second-order valence-corrected chi connectivity index (χ2v) is 9.70. The van der Waals surface area contributed by atoms with E-state index >= 15 is 0 Å². The number of amides is 2. The van der Waals surface area contributed by atoms with Crippen LogP contribution in [0.15, 0.2) is 76.5 Å². The third-order valence-electron chi connectivity index (χ3n) is 5.52. The second kappa shape index (κ2) is 9.15. The quantitative estimate of drug-likeness (QED) is 0.548. The average molecular weight is 467 g/mol. The fraction of sp³-hybridized carbons (Fsp3) is 0.200. The molecule has 8 heteroatoms. The van der Waals surface area contributed by atoms with E-state index in [0.717, 1.165) is 12.8 Å². The van der Waals surface area contributed by atoms with Crippen LogP contribution in [-0.2, 0) is 16.4 Å². The van der Waals surface area contributed by atoms with Gasteiger partial charge in [-0.2, -0.15) is 0 Å². The zero-order valence-corrected chi connectivity index (χ0v) is 18.9. The van der Waals surface area contributed by atoms with Crippen LogP contribution in [0.25, 0.3) is 0 Å². The van der Waals surface area contributed by atoms with E-state index in [0.29, 0.717) is 12.1 Å². The predicted octanol–water partition coefficient (Wildman–Crippen LogP) is 4.35. The zero-order chi connectivity index (χ0) is 23.6. The lowest BCUT2D eigenvalue weighted by Crippen LogP contribution is -2.31. The number of hydrogen-bond acceptors (Lipinski definition) is 4. The van der Waals surface area contributed by atoms with Gasteiger partial charge in [-0.3, -0.25) is 9.59 Å². The van der Waals surface area contributed by atoms with Crippen molar-refractivity contribution in [1.29, 1.82) is 0 Å². The molecule has 170 valence electrons. The van der Waals surface area contributed by atoms with E-state index < -0.39 is 21.6 Å². The highest BCUT2D eigenvalue weighted by Gasteiger charge is 2.36. The molecule has 4 rings (SSSR count). The Kier molecular flexibility index (Phi) is 6.29. The van der Waals surface area contributed by atoms with Gasteiger partial charge in [0.15, 0.2) is 0 Å². The van der Waals surface area contributed by atoms with Gasteiger partial charge >= 0.3 is 0 Å². The van der Waals surface area contributed by atoms with Gasteiger partial charge in [0, 0.05) is 12.1 Å². The predicted molar refractivity (Wildman–Crippen MR) is 122 cm³/mol. The number of sulfone groups is 1. The topological polar surface area (TPSA) is 83.6 Å². The van der Waals surface area contributed by atoms with Crippen molar-refractivity contribution >= 4 is 27.3 Å². The average Bonchev–Trinajstić information content (AvgIpc) is 2.88. The number of halogens is 1. The van der Waals surface area contributed by atoms with E-state index in [9.17, 15) is 22.4 Å². The highest BCUT2D eigenvalue weighted by molar-refractivity contribution is 7.91. The molecule has 1 aliphatic rings. The van der Waals surface area contributed by atoms with Gasteiger partial charge in [-0.1, -0.05) is 37.6 Å². The summed E-state index contributed by atoms with van der Waals surface area (Å²) in [6.45, 7) is 2.52. The number of nitrogens with zero attached hydrogens (tertiary/aromatic N) is 1. The summed E-state index contributed by atoms with van der Waals surface area (Å²) in [7, 11) is -4.02. The van der Waals surface area contributed by atoms with Gasteiger partial charge in [-0.05, 0) is 54.4 Å². The molecule has 0 saturated carbocycles. The van der Waals surface area contributed by atoms with E-state index in [-0.39, 0.29) is 39.1 Å². The maximum absolute atomic E-state index is 13.5. The monoisotopic (exact) mass is 466 g/mol. The fourth-order valence-electron chi connectivity index (χ4n) is 3.76.